The highest BCUT2D eigenvalue weighted by molar-refractivity contribution is 6.30. The maximum absolute atomic E-state index is 12.9. The Labute approximate surface area is 191 Å². The first-order chi connectivity index (χ1) is 15.4. The van der Waals surface area contributed by atoms with E-state index in [2.05, 4.69) is 20.6 Å². The Morgan fingerprint density at radius 2 is 1.88 bits per heavy atom. The minimum absolute atomic E-state index is 0.125. The van der Waals surface area contributed by atoms with Crippen LogP contribution in [0.25, 0.3) is 0 Å². The van der Waals surface area contributed by atoms with Crippen molar-refractivity contribution in [3.8, 4) is 0 Å². The average Bonchev–Trinajstić information content (AvgIpc) is 3.22. The standard InChI is InChI=1S/C23H26ClN5O3/c1-14-4-10-18(21(26-14)23(32)28-19-11-7-16(24)13-25-19)27-22(31)15-5-8-17(9-6-15)29-12-2-3-20(29)30/h4,7,10-11,13,15,17H,2-3,5-6,8-9,12H2,1H3,(H,27,31)(H,25,28,32)/t15-,17-. The van der Waals surface area contributed by atoms with Gasteiger partial charge in [-0.2, -0.15) is 0 Å². The maximum atomic E-state index is 12.9. The Bertz CT molecular complexity index is 1020. The van der Waals surface area contributed by atoms with Gasteiger partial charge in [-0.3, -0.25) is 14.4 Å². The topological polar surface area (TPSA) is 104 Å². The zero-order valence-corrected chi connectivity index (χ0v) is 18.7. The molecule has 2 fully saturated rings. The molecule has 2 aromatic rings. The van der Waals surface area contributed by atoms with E-state index >= 15 is 0 Å². The van der Waals surface area contributed by atoms with Crippen LogP contribution in [0.5, 0.6) is 0 Å². The molecule has 168 valence electrons. The lowest BCUT2D eigenvalue weighted by Crippen LogP contribution is -2.40. The number of aromatic nitrogens is 2. The van der Waals surface area contributed by atoms with Gasteiger partial charge in [-0.15, -0.1) is 0 Å². The molecule has 1 saturated carbocycles. The fraction of sp³-hybridized carbons (Fsp3) is 0.435. The first kappa shape index (κ1) is 22.2. The monoisotopic (exact) mass is 455 g/mol. The summed E-state index contributed by atoms with van der Waals surface area (Å²) in [6.45, 7) is 2.61. The molecule has 4 rings (SSSR count). The molecule has 2 aromatic heterocycles. The number of halogens is 1. The van der Waals surface area contributed by atoms with Crippen molar-refractivity contribution in [2.75, 3.05) is 17.2 Å². The summed E-state index contributed by atoms with van der Waals surface area (Å²) in [5, 5.41) is 6.05. The molecule has 0 radical (unpaired) electrons. The number of nitrogens with zero attached hydrogens (tertiary/aromatic N) is 3. The zero-order valence-electron chi connectivity index (χ0n) is 17.9. The zero-order chi connectivity index (χ0) is 22.7. The second-order valence-corrected chi connectivity index (χ2v) is 8.79. The van der Waals surface area contributed by atoms with Crippen LogP contribution in [0.2, 0.25) is 5.02 Å². The largest absolute Gasteiger partial charge is 0.340 e. The number of nitrogens with one attached hydrogen (secondary N) is 2. The van der Waals surface area contributed by atoms with Crippen molar-refractivity contribution in [3.63, 3.8) is 0 Å². The minimum atomic E-state index is -0.463. The predicted molar refractivity (Wildman–Crippen MR) is 121 cm³/mol. The molecule has 0 spiro atoms. The van der Waals surface area contributed by atoms with Gasteiger partial charge in [0.05, 0.1) is 10.7 Å². The van der Waals surface area contributed by atoms with E-state index in [0.717, 1.165) is 38.6 Å². The van der Waals surface area contributed by atoms with Gasteiger partial charge in [0.1, 0.15) is 5.82 Å². The number of carbonyl (C=O) groups is 3. The summed E-state index contributed by atoms with van der Waals surface area (Å²) in [4.78, 5) is 48.1. The fourth-order valence-electron chi connectivity index (χ4n) is 4.40. The van der Waals surface area contributed by atoms with Crippen LogP contribution in [0.1, 0.15) is 54.7 Å². The van der Waals surface area contributed by atoms with Crippen molar-refractivity contribution < 1.29 is 14.4 Å². The van der Waals surface area contributed by atoms with Gasteiger partial charge < -0.3 is 15.5 Å². The molecule has 3 amide bonds. The van der Waals surface area contributed by atoms with E-state index in [9.17, 15) is 14.4 Å². The number of hydrogen-bond donors (Lipinski definition) is 2. The highest BCUT2D eigenvalue weighted by Crippen LogP contribution is 2.31. The summed E-state index contributed by atoms with van der Waals surface area (Å²) in [7, 11) is 0. The van der Waals surface area contributed by atoms with E-state index in [1.54, 1.807) is 31.2 Å². The number of carbonyl (C=O) groups excluding carboxylic acids is 3. The molecular weight excluding hydrogens is 430 g/mol. The first-order valence-electron chi connectivity index (χ1n) is 10.9. The number of pyridine rings is 2. The summed E-state index contributed by atoms with van der Waals surface area (Å²) in [5.41, 5.74) is 1.16. The Kier molecular flexibility index (Phi) is 6.69. The molecular formula is C23H26ClN5O3. The minimum Gasteiger partial charge on any atom is -0.340 e. The Morgan fingerprint density at radius 1 is 1.09 bits per heavy atom. The van der Waals surface area contributed by atoms with Crippen molar-refractivity contribution in [1.29, 1.82) is 0 Å². The lowest BCUT2D eigenvalue weighted by molar-refractivity contribution is -0.130. The number of aryl methyl sites for hydroxylation is 1. The third-order valence-electron chi connectivity index (χ3n) is 6.09. The first-order valence-corrected chi connectivity index (χ1v) is 11.3. The Balaban J connectivity index is 1.40. The molecule has 1 saturated heterocycles. The van der Waals surface area contributed by atoms with Gasteiger partial charge >= 0.3 is 0 Å². The number of likely N-dealkylation sites (tertiary alicyclic amines) is 1. The average molecular weight is 456 g/mol. The van der Waals surface area contributed by atoms with Crippen molar-refractivity contribution in [2.24, 2.45) is 5.92 Å². The second-order valence-electron chi connectivity index (χ2n) is 8.35. The number of rotatable bonds is 5. The molecule has 0 aromatic carbocycles. The Hall–Kier alpha value is -3.00. The van der Waals surface area contributed by atoms with Gasteiger partial charge in [-0.25, -0.2) is 9.97 Å². The summed E-state index contributed by atoms with van der Waals surface area (Å²) in [6.07, 6.45) is 6.09. The Morgan fingerprint density at radius 3 is 2.53 bits per heavy atom. The summed E-state index contributed by atoms with van der Waals surface area (Å²) >= 11 is 5.84. The quantitative estimate of drug-likeness (QED) is 0.713. The lowest BCUT2D eigenvalue weighted by Gasteiger charge is -2.34. The van der Waals surface area contributed by atoms with E-state index in [4.69, 9.17) is 11.6 Å². The van der Waals surface area contributed by atoms with Gasteiger partial charge in [-0.05, 0) is 63.3 Å². The molecule has 3 heterocycles. The molecule has 9 heteroatoms. The predicted octanol–water partition coefficient (Wildman–Crippen LogP) is 3.81. The molecule has 1 aliphatic heterocycles. The molecule has 0 unspecified atom stereocenters. The van der Waals surface area contributed by atoms with Crippen LogP contribution in [0.3, 0.4) is 0 Å². The van der Waals surface area contributed by atoms with E-state index in [-0.39, 0.29) is 29.5 Å². The van der Waals surface area contributed by atoms with Crippen LogP contribution in [0.4, 0.5) is 11.5 Å². The molecule has 2 N–H and O–H groups in total. The van der Waals surface area contributed by atoms with Crippen molar-refractivity contribution >= 4 is 40.8 Å². The second kappa shape index (κ2) is 9.65. The lowest BCUT2D eigenvalue weighted by atomic mass is 9.84. The van der Waals surface area contributed by atoms with E-state index < -0.39 is 5.91 Å². The summed E-state index contributed by atoms with van der Waals surface area (Å²) in [5.74, 6) is -0.168. The van der Waals surface area contributed by atoms with Crippen molar-refractivity contribution in [2.45, 2.75) is 51.5 Å². The fourth-order valence-corrected chi connectivity index (χ4v) is 4.51. The van der Waals surface area contributed by atoms with Crippen LogP contribution in [-0.2, 0) is 9.59 Å². The van der Waals surface area contributed by atoms with Crippen molar-refractivity contribution in [1.82, 2.24) is 14.9 Å². The third kappa shape index (κ3) is 5.07. The van der Waals surface area contributed by atoms with Crippen LogP contribution >= 0.6 is 11.6 Å². The number of anilines is 2. The van der Waals surface area contributed by atoms with E-state index in [1.165, 1.54) is 6.20 Å². The smallest absolute Gasteiger partial charge is 0.277 e. The van der Waals surface area contributed by atoms with E-state index in [0.29, 0.717) is 28.6 Å². The van der Waals surface area contributed by atoms with Gasteiger partial charge in [0, 0.05) is 36.8 Å². The van der Waals surface area contributed by atoms with Crippen LogP contribution in [0.15, 0.2) is 30.5 Å². The van der Waals surface area contributed by atoms with Gasteiger partial charge in [0.2, 0.25) is 11.8 Å². The van der Waals surface area contributed by atoms with Gasteiger partial charge in [0.15, 0.2) is 5.69 Å². The molecule has 32 heavy (non-hydrogen) atoms. The van der Waals surface area contributed by atoms with E-state index in [1.807, 2.05) is 4.90 Å². The van der Waals surface area contributed by atoms with Crippen LogP contribution < -0.4 is 10.6 Å². The highest BCUT2D eigenvalue weighted by Gasteiger charge is 2.33. The summed E-state index contributed by atoms with van der Waals surface area (Å²) in [6, 6.07) is 6.91. The van der Waals surface area contributed by atoms with Crippen LogP contribution in [0, 0.1) is 12.8 Å². The van der Waals surface area contributed by atoms with Gasteiger partial charge in [0.25, 0.3) is 5.91 Å². The molecule has 0 atom stereocenters. The SMILES string of the molecule is Cc1ccc(NC(=O)[C@H]2CC[C@H](N3CCCC3=O)CC2)c(C(=O)Nc2ccc(Cl)cn2)n1. The van der Waals surface area contributed by atoms with Crippen LogP contribution in [-0.4, -0.2) is 45.2 Å². The normalized spacial score (nSPS) is 20.8. The van der Waals surface area contributed by atoms with Gasteiger partial charge in [-0.1, -0.05) is 11.6 Å². The summed E-state index contributed by atoms with van der Waals surface area (Å²) < 4.78 is 0. The number of amides is 3. The molecule has 2 aliphatic rings. The maximum Gasteiger partial charge on any atom is 0.277 e. The molecule has 1 aliphatic carbocycles. The highest BCUT2D eigenvalue weighted by atomic mass is 35.5. The number of hydrogen-bond acceptors (Lipinski definition) is 5. The molecule has 0 bridgehead atoms. The third-order valence-corrected chi connectivity index (χ3v) is 6.32. The molecule has 8 nitrogen and oxygen atoms in total. The van der Waals surface area contributed by atoms with Crippen molar-refractivity contribution in [3.05, 3.63) is 46.9 Å².